The number of amides is 1. The maximum absolute atomic E-state index is 12.3. The third-order valence-electron chi connectivity index (χ3n) is 2.97. The first kappa shape index (κ1) is 15.4. The lowest BCUT2D eigenvalue weighted by molar-refractivity contribution is -0.141. The molecular formula is C17H13NO6. The molecule has 1 N–H and O–H groups in total. The van der Waals surface area contributed by atoms with Gasteiger partial charge in [0.15, 0.2) is 5.76 Å². The standard InChI is InChI=1S/C17H13NO6/c19-16(15-6-3-9-23-15)18-14(10-12-4-1-7-21-12)17(20)24-11-13-5-2-8-22-13/h1-10H,11H2,(H,18,19)/b14-10+. The lowest BCUT2D eigenvalue weighted by Gasteiger charge is -2.08. The first-order valence-corrected chi connectivity index (χ1v) is 7.02. The molecule has 0 atom stereocenters. The summed E-state index contributed by atoms with van der Waals surface area (Å²) >= 11 is 0. The van der Waals surface area contributed by atoms with Crippen LogP contribution in [0.5, 0.6) is 0 Å². The normalized spacial score (nSPS) is 11.2. The molecule has 3 heterocycles. The van der Waals surface area contributed by atoms with Crippen LogP contribution in [0.1, 0.15) is 22.1 Å². The molecule has 0 aliphatic carbocycles. The van der Waals surface area contributed by atoms with Crippen molar-refractivity contribution in [1.82, 2.24) is 5.32 Å². The van der Waals surface area contributed by atoms with Gasteiger partial charge < -0.3 is 23.3 Å². The van der Waals surface area contributed by atoms with Crippen LogP contribution in [0.25, 0.3) is 6.08 Å². The Balaban J connectivity index is 1.74. The predicted octanol–water partition coefficient (Wildman–Crippen LogP) is 2.98. The fourth-order valence-electron chi connectivity index (χ4n) is 1.86. The SMILES string of the molecule is O=C(OCc1ccco1)/C(=C\c1ccco1)NC(=O)c1ccco1. The van der Waals surface area contributed by atoms with Gasteiger partial charge in [-0.2, -0.15) is 0 Å². The average molecular weight is 327 g/mol. The minimum absolute atomic E-state index is 0.0576. The molecule has 7 heteroatoms. The Kier molecular flexibility index (Phi) is 4.62. The average Bonchev–Trinajstić information content (AvgIpc) is 3.34. The number of hydrogen-bond acceptors (Lipinski definition) is 6. The summed E-state index contributed by atoms with van der Waals surface area (Å²) < 4.78 is 20.4. The van der Waals surface area contributed by atoms with Crippen LogP contribution < -0.4 is 5.32 Å². The zero-order chi connectivity index (χ0) is 16.8. The van der Waals surface area contributed by atoms with Crippen molar-refractivity contribution in [2.24, 2.45) is 0 Å². The van der Waals surface area contributed by atoms with E-state index in [1.807, 2.05) is 0 Å². The van der Waals surface area contributed by atoms with Crippen LogP contribution in [0, 0.1) is 0 Å². The third kappa shape index (κ3) is 3.83. The van der Waals surface area contributed by atoms with Crippen molar-refractivity contribution in [3.63, 3.8) is 0 Å². The topological polar surface area (TPSA) is 94.8 Å². The number of hydrogen-bond donors (Lipinski definition) is 1. The van der Waals surface area contributed by atoms with Crippen LogP contribution in [0.4, 0.5) is 0 Å². The van der Waals surface area contributed by atoms with Crippen molar-refractivity contribution in [3.8, 4) is 0 Å². The van der Waals surface area contributed by atoms with Crippen molar-refractivity contribution in [1.29, 1.82) is 0 Å². The fourth-order valence-corrected chi connectivity index (χ4v) is 1.86. The highest BCUT2D eigenvalue weighted by Gasteiger charge is 2.18. The van der Waals surface area contributed by atoms with Gasteiger partial charge in [-0.3, -0.25) is 4.79 Å². The Morgan fingerprint density at radius 2 is 1.75 bits per heavy atom. The summed E-state index contributed by atoms with van der Waals surface area (Å²) in [5.41, 5.74) is -0.0853. The molecule has 122 valence electrons. The second-order valence-corrected chi connectivity index (χ2v) is 4.66. The smallest absolute Gasteiger partial charge is 0.355 e. The summed E-state index contributed by atoms with van der Waals surface area (Å²) in [5, 5.41) is 2.45. The van der Waals surface area contributed by atoms with E-state index in [1.165, 1.54) is 30.9 Å². The quantitative estimate of drug-likeness (QED) is 0.552. The van der Waals surface area contributed by atoms with E-state index < -0.39 is 11.9 Å². The van der Waals surface area contributed by atoms with Gasteiger partial charge in [-0.25, -0.2) is 4.79 Å². The Bertz CT molecular complexity index is 813. The largest absolute Gasteiger partial charge is 0.466 e. The maximum Gasteiger partial charge on any atom is 0.355 e. The summed E-state index contributed by atoms with van der Waals surface area (Å²) in [6.07, 6.45) is 5.65. The molecule has 0 saturated carbocycles. The highest BCUT2D eigenvalue weighted by molar-refractivity contribution is 6.01. The van der Waals surface area contributed by atoms with Gasteiger partial charge in [-0.05, 0) is 36.4 Å². The van der Waals surface area contributed by atoms with Gasteiger partial charge in [-0.15, -0.1) is 0 Å². The molecule has 0 spiro atoms. The second kappa shape index (κ2) is 7.19. The molecule has 7 nitrogen and oxygen atoms in total. The van der Waals surface area contributed by atoms with E-state index in [2.05, 4.69) is 5.32 Å². The van der Waals surface area contributed by atoms with Gasteiger partial charge in [0.05, 0.1) is 18.8 Å². The Morgan fingerprint density at radius 3 is 2.42 bits per heavy atom. The minimum atomic E-state index is -0.734. The van der Waals surface area contributed by atoms with E-state index >= 15 is 0 Å². The van der Waals surface area contributed by atoms with Gasteiger partial charge in [-0.1, -0.05) is 0 Å². The molecule has 3 aromatic heterocycles. The summed E-state index contributed by atoms with van der Waals surface area (Å²) in [6.45, 7) is -0.0576. The molecular weight excluding hydrogens is 314 g/mol. The first-order chi connectivity index (χ1) is 11.7. The number of furan rings is 3. The Labute approximate surface area is 136 Å². The van der Waals surface area contributed by atoms with Crippen LogP contribution in [0.2, 0.25) is 0 Å². The number of esters is 1. The molecule has 0 aliphatic heterocycles. The van der Waals surface area contributed by atoms with E-state index in [9.17, 15) is 9.59 Å². The van der Waals surface area contributed by atoms with E-state index in [0.29, 0.717) is 11.5 Å². The number of nitrogens with one attached hydrogen (secondary N) is 1. The Morgan fingerprint density at radius 1 is 1.00 bits per heavy atom. The van der Waals surface area contributed by atoms with Gasteiger partial charge >= 0.3 is 5.97 Å². The molecule has 0 bridgehead atoms. The molecule has 1 amide bonds. The molecule has 0 radical (unpaired) electrons. The van der Waals surface area contributed by atoms with Gasteiger partial charge in [0.25, 0.3) is 5.91 Å². The maximum atomic E-state index is 12.3. The van der Waals surface area contributed by atoms with Crippen LogP contribution in [-0.4, -0.2) is 11.9 Å². The number of carbonyl (C=O) groups excluding carboxylic acids is 2. The molecule has 3 aromatic rings. The summed E-state index contributed by atoms with van der Waals surface area (Å²) in [4.78, 5) is 24.3. The van der Waals surface area contributed by atoms with E-state index in [0.717, 1.165) is 0 Å². The van der Waals surface area contributed by atoms with Crippen molar-refractivity contribution in [2.75, 3.05) is 0 Å². The van der Waals surface area contributed by atoms with Crippen LogP contribution in [-0.2, 0) is 16.1 Å². The number of carbonyl (C=O) groups is 2. The zero-order valence-electron chi connectivity index (χ0n) is 12.4. The van der Waals surface area contributed by atoms with Gasteiger partial charge in [0.1, 0.15) is 23.8 Å². The summed E-state index contributed by atoms with van der Waals surface area (Å²) in [6, 6.07) is 9.70. The zero-order valence-corrected chi connectivity index (χ0v) is 12.4. The Hall–Kier alpha value is -3.48. The van der Waals surface area contributed by atoms with Gasteiger partial charge in [0, 0.05) is 6.08 Å². The van der Waals surface area contributed by atoms with Crippen LogP contribution in [0.15, 0.2) is 74.1 Å². The lowest BCUT2D eigenvalue weighted by Crippen LogP contribution is -2.28. The van der Waals surface area contributed by atoms with E-state index in [1.54, 1.807) is 30.3 Å². The number of ether oxygens (including phenoxy) is 1. The summed E-state index contributed by atoms with van der Waals surface area (Å²) in [7, 11) is 0. The van der Waals surface area contributed by atoms with Gasteiger partial charge in [0.2, 0.25) is 0 Å². The lowest BCUT2D eigenvalue weighted by atomic mass is 10.3. The van der Waals surface area contributed by atoms with E-state index in [-0.39, 0.29) is 18.1 Å². The van der Waals surface area contributed by atoms with Crippen molar-refractivity contribution < 1.29 is 27.6 Å². The van der Waals surface area contributed by atoms with Crippen molar-refractivity contribution in [3.05, 3.63) is 78.2 Å². The van der Waals surface area contributed by atoms with Crippen molar-refractivity contribution >= 4 is 18.0 Å². The second-order valence-electron chi connectivity index (χ2n) is 4.66. The highest BCUT2D eigenvalue weighted by Crippen LogP contribution is 2.10. The number of rotatable bonds is 6. The first-order valence-electron chi connectivity index (χ1n) is 7.02. The molecule has 0 aromatic carbocycles. The molecule has 3 rings (SSSR count). The summed E-state index contributed by atoms with van der Waals surface area (Å²) in [5.74, 6) is -0.368. The molecule has 24 heavy (non-hydrogen) atoms. The molecule has 0 aliphatic rings. The highest BCUT2D eigenvalue weighted by atomic mass is 16.5. The minimum Gasteiger partial charge on any atom is -0.466 e. The third-order valence-corrected chi connectivity index (χ3v) is 2.97. The van der Waals surface area contributed by atoms with Crippen LogP contribution >= 0.6 is 0 Å². The molecule has 0 saturated heterocycles. The van der Waals surface area contributed by atoms with Crippen molar-refractivity contribution in [2.45, 2.75) is 6.61 Å². The molecule has 0 unspecified atom stereocenters. The van der Waals surface area contributed by atoms with E-state index in [4.69, 9.17) is 18.0 Å². The van der Waals surface area contributed by atoms with Crippen LogP contribution in [0.3, 0.4) is 0 Å². The fraction of sp³-hybridized carbons (Fsp3) is 0.0588. The molecule has 0 fully saturated rings. The predicted molar refractivity (Wildman–Crippen MR) is 81.4 cm³/mol. The monoisotopic (exact) mass is 327 g/mol.